The zero-order chi connectivity index (χ0) is 15.2. The van der Waals surface area contributed by atoms with Crippen molar-refractivity contribution in [1.29, 1.82) is 0 Å². The fourth-order valence-corrected chi connectivity index (χ4v) is 2.36. The number of nitrogen functional groups attached to an aromatic ring is 1. The third kappa shape index (κ3) is 4.08. The SMILES string of the molecule is CCCC(C)NC(=O)Cn1ccnc1-c1cccc(N)c1. The lowest BCUT2D eigenvalue weighted by atomic mass is 10.2. The summed E-state index contributed by atoms with van der Waals surface area (Å²) in [6.07, 6.45) is 5.54. The lowest BCUT2D eigenvalue weighted by molar-refractivity contribution is -0.122. The molecule has 5 nitrogen and oxygen atoms in total. The van der Waals surface area contributed by atoms with E-state index in [1.54, 1.807) is 6.20 Å². The van der Waals surface area contributed by atoms with E-state index in [0.717, 1.165) is 24.2 Å². The third-order valence-corrected chi connectivity index (χ3v) is 3.30. The first-order chi connectivity index (χ1) is 10.1. The summed E-state index contributed by atoms with van der Waals surface area (Å²) in [5.74, 6) is 0.750. The van der Waals surface area contributed by atoms with E-state index in [0.29, 0.717) is 5.69 Å². The van der Waals surface area contributed by atoms with Crippen molar-refractivity contribution in [3.63, 3.8) is 0 Å². The van der Waals surface area contributed by atoms with Gasteiger partial charge in [0.1, 0.15) is 12.4 Å². The van der Waals surface area contributed by atoms with Gasteiger partial charge in [0.15, 0.2) is 0 Å². The highest BCUT2D eigenvalue weighted by Crippen LogP contribution is 2.19. The van der Waals surface area contributed by atoms with Gasteiger partial charge in [-0.1, -0.05) is 25.5 Å². The second kappa shape index (κ2) is 6.92. The van der Waals surface area contributed by atoms with E-state index in [4.69, 9.17) is 5.73 Å². The number of amides is 1. The Balaban J connectivity index is 2.09. The second-order valence-corrected chi connectivity index (χ2v) is 5.26. The average molecular weight is 286 g/mol. The molecule has 1 unspecified atom stereocenters. The number of imidazole rings is 1. The molecule has 2 rings (SSSR count). The summed E-state index contributed by atoms with van der Waals surface area (Å²) >= 11 is 0. The van der Waals surface area contributed by atoms with Gasteiger partial charge in [0.25, 0.3) is 0 Å². The van der Waals surface area contributed by atoms with Crippen LogP contribution in [0.2, 0.25) is 0 Å². The van der Waals surface area contributed by atoms with Crippen molar-refractivity contribution in [2.45, 2.75) is 39.3 Å². The summed E-state index contributed by atoms with van der Waals surface area (Å²) in [4.78, 5) is 16.4. The van der Waals surface area contributed by atoms with Crippen molar-refractivity contribution in [1.82, 2.24) is 14.9 Å². The Bertz CT molecular complexity index is 606. The molecule has 0 aliphatic carbocycles. The van der Waals surface area contributed by atoms with Crippen LogP contribution in [0.15, 0.2) is 36.7 Å². The molecule has 0 fully saturated rings. The van der Waals surface area contributed by atoms with Gasteiger partial charge in [-0.25, -0.2) is 4.98 Å². The predicted octanol–water partition coefficient (Wildman–Crippen LogP) is 2.44. The van der Waals surface area contributed by atoms with Crippen molar-refractivity contribution >= 4 is 11.6 Å². The van der Waals surface area contributed by atoms with E-state index in [2.05, 4.69) is 17.2 Å². The zero-order valence-electron chi connectivity index (χ0n) is 12.5. The van der Waals surface area contributed by atoms with Crippen molar-refractivity contribution < 1.29 is 4.79 Å². The molecule has 0 aliphatic rings. The van der Waals surface area contributed by atoms with Gasteiger partial charge < -0.3 is 15.6 Å². The van der Waals surface area contributed by atoms with Crippen molar-refractivity contribution in [2.75, 3.05) is 5.73 Å². The number of nitrogens with one attached hydrogen (secondary N) is 1. The molecule has 1 amide bonds. The predicted molar refractivity (Wildman–Crippen MR) is 84.6 cm³/mol. The van der Waals surface area contributed by atoms with Crippen LogP contribution >= 0.6 is 0 Å². The summed E-state index contributed by atoms with van der Waals surface area (Å²) in [7, 11) is 0. The highest BCUT2D eigenvalue weighted by atomic mass is 16.2. The Kier molecular flexibility index (Phi) is 4.98. The first kappa shape index (κ1) is 15.1. The number of carbonyl (C=O) groups is 1. The first-order valence-corrected chi connectivity index (χ1v) is 7.26. The highest BCUT2D eigenvalue weighted by molar-refractivity contribution is 5.77. The number of anilines is 1. The quantitative estimate of drug-likeness (QED) is 0.801. The van der Waals surface area contributed by atoms with E-state index in [9.17, 15) is 4.79 Å². The van der Waals surface area contributed by atoms with Crippen LogP contribution in [-0.2, 0) is 11.3 Å². The maximum Gasteiger partial charge on any atom is 0.240 e. The van der Waals surface area contributed by atoms with Crippen LogP contribution in [0.1, 0.15) is 26.7 Å². The largest absolute Gasteiger partial charge is 0.399 e. The minimum Gasteiger partial charge on any atom is -0.399 e. The molecule has 21 heavy (non-hydrogen) atoms. The van der Waals surface area contributed by atoms with E-state index >= 15 is 0 Å². The van der Waals surface area contributed by atoms with Gasteiger partial charge in [0, 0.05) is 29.7 Å². The van der Waals surface area contributed by atoms with Gasteiger partial charge in [-0.2, -0.15) is 0 Å². The molecule has 5 heteroatoms. The first-order valence-electron chi connectivity index (χ1n) is 7.26. The highest BCUT2D eigenvalue weighted by Gasteiger charge is 2.11. The summed E-state index contributed by atoms with van der Waals surface area (Å²) < 4.78 is 1.84. The van der Waals surface area contributed by atoms with Gasteiger partial charge >= 0.3 is 0 Å². The molecule has 1 aromatic carbocycles. The van der Waals surface area contributed by atoms with Crippen LogP contribution in [0.25, 0.3) is 11.4 Å². The summed E-state index contributed by atoms with van der Waals surface area (Å²) in [5.41, 5.74) is 7.39. The molecule has 0 radical (unpaired) electrons. The van der Waals surface area contributed by atoms with Crippen LogP contribution in [0, 0.1) is 0 Å². The molecular formula is C16H22N4O. The standard InChI is InChI=1S/C16H22N4O/c1-3-5-12(2)19-15(21)11-20-9-8-18-16(20)13-6-4-7-14(17)10-13/h4,6-10,12H,3,5,11,17H2,1-2H3,(H,19,21). The topological polar surface area (TPSA) is 72.9 Å². The lowest BCUT2D eigenvalue weighted by Gasteiger charge is -2.14. The average Bonchev–Trinajstić information content (AvgIpc) is 2.86. The second-order valence-electron chi connectivity index (χ2n) is 5.26. The fourth-order valence-electron chi connectivity index (χ4n) is 2.36. The van der Waals surface area contributed by atoms with Gasteiger partial charge in [-0.3, -0.25) is 4.79 Å². The maximum absolute atomic E-state index is 12.1. The monoisotopic (exact) mass is 286 g/mol. The van der Waals surface area contributed by atoms with E-state index in [1.165, 1.54) is 0 Å². The zero-order valence-corrected chi connectivity index (χ0v) is 12.5. The molecule has 1 aromatic heterocycles. The van der Waals surface area contributed by atoms with Gasteiger partial charge in [0.05, 0.1) is 0 Å². The molecule has 1 heterocycles. The van der Waals surface area contributed by atoms with E-state index < -0.39 is 0 Å². The Labute approximate surface area is 125 Å². The number of aromatic nitrogens is 2. The van der Waals surface area contributed by atoms with Gasteiger partial charge in [0.2, 0.25) is 5.91 Å². The third-order valence-electron chi connectivity index (χ3n) is 3.30. The summed E-state index contributed by atoms with van der Waals surface area (Å²) in [6.45, 7) is 4.39. The maximum atomic E-state index is 12.1. The summed E-state index contributed by atoms with van der Waals surface area (Å²) in [5, 5.41) is 3.00. The minimum absolute atomic E-state index is 0.000830. The lowest BCUT2D eigenvalue weighted by Crippen LogP contribution is -2.35. The van der Waals surface area contributed by atoms with Crippen molar-refractivity contribution in [3.05, 3.63) is 36.7 Å². The molecule has 0 bridgehead atoms. The smallest absolute Gasteiger partial charge is 0.240 e. The van der Waals surface area contributed by atoms with Crippen molar-refractivity contribution in [2.24, 2.45) is 0 Å². The van der Waals surface area contributed by atoms with Crippen LogP contribution in [0.4, 0.5) is 5.69 Å². The number of carbonyl (C=O) groups excluding carboxylic acids is 1. The fraction of sp³-hybridized carbons (Fsp3) is 0.375. The minimum atomic E-state index is -0.000830. The number of nitrogens with two attached hydrogens (primary N) is 1. The van der Waals surface area contributed by atoms with Crippen molar-refractivity contribution in [3.8, 4) is 11.4 Å². The normalized spacial score (nSPS) is 12.1. The number of benzene rings is 1. The molecule has 3 N–H and O–H groups in total. The van der Waals surface area contributed by atoms with Crippen LogP contribution in [0.3, 0.4) is 0 Å². The van der Waals surface area contributed by atoms with Gasteiger partial charge in [-0.15, -0.1) is 0 Å². The van der Waals surface area contributed by atoms with E-state index in [1.807, 2.05) is 42.0 Å². The van der Waals surface area contributed by atoms with Crippen LogP contribution in [0.5, 0.6) is 0 Å². The molecule has 1 atom stereocenters. The molecular weight excluding hydrogens is 264 g/mol. The molecule has 0 saturated carbocycles. The van der Waals surface area contributed by atoms with Crippen LogP contribution < -0.4 is 11.1 Å². The molecule has 0 saturated heterocycles. The Morgan fingerprint density at radius 3 is 3.00 bits per heavy atom. The Morgan fingerprint density at radius 1 is 1.48 bits per heavy atom. The molecule has 112 valence electrons. The number of hydrogen-bond acceptors (Lipinski definition) is 3. The molecule has 0 aliphatic heterocycles. The number of hydrogen-bond donors (Lipinski definition) is 2. The number of rotatable bonds is 6. The van der Waals surface area contributed by atoms with Gasteiger partial charge in [-0.05, 0) is 25.5 Å². The molecule has 2 aromatic rings. The Hall–Kier alpha value is -2.30. The number of nitrogens with zero attached hydrogens (tertiary/aromatic N) is 2. The molecule has 0 spiro atoms. The van der Waals surface area contributed by atoms with E-state index in [-0.39, 0.29) is 18.5 Å². The van der Waals surface area contributed by atoms with Crippen LogP contribution in [-0.4, -0.2) is 21.5 Å². The summed E-state index contributed by atoms with van der Waals surface area (Å²) in [6, 6.07) is 7.70. The Morgan fingerprint density at radius 2 is 2.29 bits per heavy atom.